The van der Waals surface area contributed by atoms with E-state index < -0.39 is 5.41 Å². The fraction of sp³-hybridized carbons (Fsp3) is 0.0189. The fourth-order valence-corrected chi connectivity index (χ4v) is 8.23. The Morgan fingerprint density at radius 2 is 0.870 bits per heavy atom. The number of benzene rings is 9. The summed E-state index contributed by atoms with van der Waals surface area (Å²) in [6.07, 6.45) is 0. The van der Waals surface area contributed by atoms with Crippen LogP contribution in [-0.4, -0.2) is 0 Å². The van der Waals surface area contributed by atoms with E-state index in [-0.39, 0.29) is 0 Å². The van der Waals surface area contributed by atoms with Gasteiger partial charge in [0.15, 0.2) is 0 Å². The van der Waals surface area contributed by atoms with Crippen LogP contribution in [0, 0.1) is 11.8 Å². The first-order chi connectivity index (χ1) is 26.7. The van der Waals surface area contributed by atoms with Gasteiger partial charge in [-0.15, -0.1) is 0 Å². The largest absolute Gasteiger partial charge is 0.310 e. The molecule has 9 aromatic carbocycles. The molecule has 0 saturated heterocycles. The van der Waals surface area contributed by atoms with E-state index in [1.54, 1.807) is 0 Å². The lowest BCUT2D eigenvalue weighted by molar-refractivity contribution is 0.837. The van der Waals surface area contributed by atoms with Gasteiger partial charge < -0.3 is 4.90 Å². The molecule has 1 aliphatic carbocycles. The van der Waals surface area contributed by atoms with Crippen LogP contribution in [0.2, 0.25) is 0 Å². The van der Waals surface area contributed by atoms with Crippen LogP contribution in [0.3, 0.4) is 0 Å². The van der Waals surface area contributed by atoms with Gasteiger partial charge in [0.25, 0.3) is 0 Å². The van der Waals surface area contributed by atoms with Crippen molar-refractivity contribution in [1.82, 2.24) is 0 Å². The molecule has 0 aromatic heterocycles. The summed E-state index contributed by atoms with van der Waals surface area (Å²) in [5.74, 6) is 7.43. The first-order valence-electron chi connectivity index (χ1n) is 18.5. The summed E-state index contributed by atoms with van der Waals surface area (Å²) in [5, 5.41) is 4.89. The van der Waals surface area contributed by atoms with Crippen molar-refractivity contribution >= 4 is 38.6 Å². The minimum absolute atomic E-state index is 0.623. The van der Waals surface area contributed by atoms with E-state index in [4.69, 9.17) is 0 Å². The second-order valence-corrected chi connectivity index (χ2v) is 14.0. The van der Waals surface area contributed by atoms with Crippen LogP contribution in [0.4, 0.5) is 17.1 Å². The third-order valence-corrected chi connectivity index (χ3v) is 10.9. The van der Waals surface area contributed by atoms with Gasteiger partial charge in [-0.2, -0.15) is 0 Å². The van der Waals surface area contributed by atoms with Crippen molar-refractivity contribution < 1.29 is 0 Å². The molecule has 0 N–H and O–H groups in total. The van der Waals surface area contributed by atoms with Crippen molar-refractivity contribution in [3.05, 3.63) is 235 Å². The van der Waals surface area contributed by atoms with Gasteiger partial charge in [0, 0.05) is 22.6 Å². The number of anilines is 3. The molecule has 54 heavy (non-hydrogen) atoms. The monoisotopic (exact) mass is 685 g/mol. The summed E-state index contributed by atoms with van der Waals surface area (Å²) in [4.78, 5) is 2.36. The third-order valence-electron chi connectivity index (χ3n) is 10.9. The topological polar surface area (TPSA) is 3.24 Å². The third kappa shape index (κ3) is 5.36. The minimum Gasteiger partial charge on any atom is -0.310 e. The van der Waals surface area contributed by atoms with Gasteiger partial charge >= 0.3 is 0 Å². The van der Waals surface area contributed by atoms with E-state index in [0.717, 1.165) is 33.8 Å². The van der Waals surface area contributed by atoms with E-state index in [2.05, 4.69) is 223 Å². The quantitative estimate of drug-likeness (QED) is 0.163. The Morgan fingerprint density at radius 3 is 1.54 bits per heavy atom. The SMILES string of the molecule is C(#CC1(c2ccccc2)c2ccccc2-c2ccc(-c3ccc(N(c4ccc5ccccc5c4)c4ccc5ccccc5c4)cc3)cc21)c1ccccc1. The molecule has 1 heteroatoms. The van der Waals surface area contributed by atoms with Crippen LogP contribution in [0.5, 0.6) is 0 Å². The van der Waals surface area contributed by atoms with Gasteiger partial charge in [-0.3, -0.25) is 0 Å². The number of rotatable bonds is 5. The maximum absolute atomic E-state index is 3.85. The predicted octanol–water partition coefficient (Wildman–Crippen LogP) is 13.5. The maximum atomic E-state index is 3.85. The van der Waals surface area contributed by atoms with Crippen molar-refractivity contribution in [3.8, 4) is 34.1 Å². The zero-order chi connectivity index (χ0) is 35.9. The highest BCUT2D eigenvalue weighted by atomic mass is 15.1. The van der Waals surface area contributed by atoms with Gasteiger partial charge in [-0.25, -0.2) is 0 Å². The van der Waals surface area contributed by atoms with Crippen molar-refractivity contribution in [3.63, 3.8) is 0 Å². The summed E-state index contributed by atoms with van der Waals surface area (Å²) >= 11 is 0. The van der Waals surface area contributed by atoms with E-state index in [1.807, 2.05) is 6.07 Å². The first kappa shape index (κ1) is 31.6. The number of nitrogens with zero attached hydrogens (tertiary/aromatic N) is 1. The fourth-order valence-electron chi connectivity index (χ4n) is 8.23. The summed E-state index contributed by atoms with van der Waals surface area (Å²) in [5.41, 5.74) is 12.1. The van der Waals surface area contributed by atoms with Crippen molar-refractivity contribution in [2.75, 3.05) is 4.90 Å². The molecule has 10 rings (SSSR count). The predicted molar refractivity (Wildman–Crippen MR) is 227 cm³/mol. The average molecular weight is 686 g/mol. The Labute approximate surface area is 316 Å². The number of fused-ring (bicyclic) bond motifs is 5. The molecule has 9 aromatic rings. The Hall–Kier alpha value is -7.14. The van der Waals surface area contributed by atoms with Crippen molar-refractivity contribution in [2.24, 2.45) is 0 Å². The number of hydrogen-bond donors (Lipinski definition) is 0. The molecule has 0 radical (unpaired) electrons. The minimum atomic E-state index is -0.623. The lowest BCUT2D eigenvalue weighted by Crippen LogP contribution is -2.25. The summed E-state index contributed by atoms with van der Waals surface area (Å²) in [7, 11) is 0. The van der Waals surface area contributed by atoms with E-state index in [9.17, 15) is 0 Å². The van der Waals surface area contributed by atoms with Gasteiger partial charge in [0.05, 0.1) is 0 Å². The van der Waals surface area contributed by atoms with Crippen LogP contribution >= 0.6 is 0 Å². The summed E-state index contributed by atoms with van der Waals surface area (Å²) < 4.78 is 0. The molecule has 0 heterocycles. The molecular weight excluding hydrogens is 651 g/mol. The first-order valence-corrected chi connectivity index (χ1v) is 18.5. The Bertz CT molecular complexity index is 2800. The molecule has 0 spiro atoms. The smallest absolute Gasteiger partial charge is 0.108 e. The normalized spacial score (nSPS) is 14.2. The highest BCUT2D eigenvalue weighted by Crippen LogP contribution is 2.53. The standard InChI is InChI=1S/C53H35N/c1-3-13-38(14-4-1)33-34-53(45-19-5-2-6-20-45)51-22-12-11-21-49(51)50-32-27-44(37-52(50)53)41-23-28-46(29-24-41)54(47-30-25-39-15-7-9-17-42(39)35-47)48-31-26-40-16-8-10-18-43(40)36-48/h1-32,35-37H. The van der Waals surface area contributed by atoms with Crippen LogP contribution < -0.4 is 4.90 Å². The Kier molecular flexibility index (Phi) is 7.68. The number of hydrogen-bond acceptors (Lipinski definition) is 1. The molecule has 0 saturated carbocycles. The van der Waals surface area contributed by atoms with Crippen molar-refractivity contribution in [1.29, 1.82) is 0 Å². The summed E-state index contributed by atoms with van der Waals surface area (Å²) in [6.45, 7) is 0. The van der Waals surface area contributed by atoms with E-state index in [0.29, 0.717) is 0 Å². The molecule has 0 aliphatic heterocycles. The van der Waals surface area contributed by atoms with Gasteiger partial charge in [0.2, 0.25) is 0 Å². The van der Waals surface area contributed by atoms with Crippen LogP contribution in [0.1, 0.15) is 22.3 Å². The van der Waals surface area contributed by atoms with Crippen molar-refractivity contribution in [2.45, 2.75) is 5.41 Å². The highest BCUT2D eigenvalue weighted by molar-refractivity contribution is 5.93. The maximum Gasteiger partial charge on any atom is 0.108 e. The van der Waals surface area contributed by atoms with Gasteiger partial charge in [-0.05, 0) is 115 Å². The van der Waals surface area contributed by atoms with Gasteiger partial charge in [-0.1, -0.05) is 170 Å². The van der Waals surface area contributed by atoms with E-state index in [1.165, 1.54) is 49.4 Å². The lowest BCUT2D eigenvalue weighted by Gasteiger charge is -2.28. The lowest BCUT2D eigenvalue weighted by atomic mass is 9.72. The molecule has 1 unspecified atom stereocenters. The van der Waals surface area contributed by atoms with Crippen LogP contribution in [-0.2, 0) is 5.41 Å². The molecule has 1 atom stereocenters. The molecular formula is C53H35N. The second-order valence-electron chi connectivity index (χ2n) is 14.0. The molecule has 0 fully saturated rings. The zero-order valence-corrected chi connectivity index (χ0v) is 29.7. The zero-order valence-electron chi connectivity index (χ0n) is 29.7. The molecule has 0 amide bonds. The van der Waals surface area contributed by atoms with E-state index >= 15 is 0 Å². The van der Waals surface area contributed by atoms with Crippen LogP contribution in [0.25, 0.3) is 43.8 Å². The van der Waals surface area contributed by atoms with Gasteiger partial charge in [0.1, 0.15) is 5.41 Å². The molecule has 1 aliphatic rings. The molecule has 252 valence electrons. The molecule has 0 bridgehead atoms. The second kappa shape index (κ2) is 13.1. The Morgan fingerprint density at radius 1 is 0.352 bits per heavy atom. The summed E-state index contributed by atoms with van der Waals surface area (Å²) in [6, 6.07) is 76.4. The molecule has 1 nitrogen and oxygen atoms in total. The average Bonchev–Trinajstić information content (AvgIpc) is 3.53. The Balaban J connectivity index is 1.11. The van der Waals surface area contributed by atoms with Crippen LogP contribution in [0.15, 0.2) is 212 Å². The highest BCUT2D eigenvalue weighted by Gasteiger charge is 2.43.